The summed E-state index contributed by atoms with van der Waals surface area (Å²) in [6.07, 6.45) is 0.836. The van der Waals surface area contributed by atoms with E-state index >= 15 is 0 Å². The molecule has 0 fully saturated rings. The highest BCUT2D eigenvalue weighted by molar-refractivity contribution is 7.91. The number of rotatable bonds is 8. The Morgan fingerprint density at radius 1 is 1.38 bits per heavy atom. The van der Waals surface area contributed by atoms with E-state index in [0.29, 0.717) is 11.5 Å². The first kappa shape index (κ1) is 17.7. The van der Waals surface area contributed by atoms with E-state index < -0.39 is 15.7 Å². The Balaban J connectivity index is 3.07. The first-order valence-corrected chi connectivity index (χ1v) is 9.01. The van der Waals surface area contributed by atoms with Gasteiger partial charge in [0.25, 0.3) is 5.91 Å². The van der Waals surface area contributed by atoms with Crippen molar-refractivity contribution in [2.24, 2.45) is 5.73 Å². The van der Waals surface area contributed by atoms with Crippen molar-refractivity contribution in [3.63, 3.8) is 0 Å². The van der Waals surface area contributed by atoms with Crippen LogP contribution in [0, 0.1) is 0 Å². The van der Waals surface area contributed by atoms with Gasteiger partial charge in [0.2, 0.25) is 0 Å². The molecule has 1 rings (SSSR count). The van der Waals surface area contributed by atoms with E-state index in [1.807, 2.05) is 19.0 Å². The molecule has 120 valence electrons. The van der Waals surface area contributed by atoms with Crippen LogP contribution in [0.4, 0.5) is 10.7 Å². The number of anilines is 2. The van der Waals surface area contributed by atoms with E-state index in [4.69, 9.17) is 11.5 Å². The van der Waals surface area contributed by atoms with E-state index in [-0.39, 0.29) is 21.2 Å². The second-order valence-corrected chi connectivity index (χ2v) is 8.09. The minimum absolute atomic E-state index is 0.00588. The van der Waals surface area contributed by atoms with Gasteiger partial charge in [0.15, 0.2) is 9.84 Å². The van der Waals surface area contributed by atoms with Crippen LogP contribution in [-0.2, 0) is 9.84 Å². The lowest BCUT2D eigenvalue weighted by atomic mass is 10.3. The summed E-state index contributed by atoms with van der Waals surface area (Å²) in [4.78, 5) is 13.5. The molecule has 0 atom stereocenters. The van der Waals surface area contributed by atoms with Gasteiger partial charge in [0.05, 0.1) is 11.4 Å². The van der Waals surface area contributed by atoms with Gasteiger partial charge in [-0.2, -0.15) is 0 Å². The number of nitrogens with two attached hydrogens (primary N) is 2. The standard InChI is InChI=1S/C12H22N4O3S2/c1-4-21(18,19)10-8(13)9(11(14)17)20-12(10)15-6-5-7-16(2)3/h15H,4-7,13H2,1-3H3,(H2,14,17). The Labute approximate surface area is 129 Å². The van der Waals surface area contributed by atoms with Crippen molar-refractivity contribution in [2.75, 3.05) is 44.0 Å². The molecule has 1 aromatic heterocycles. The average molecular weight is 334 g/mol. The molecule has 0 aliphatic carbocycles. The first-order valence-electron chi connectivity index (χ1n) is 6.54. The third kappa shape index (κ3) is 4.32. The van der Waals surface area contributed by atoms with Crippen molar-refractivity contribution in [1.29, 1.82) is 0 Å². The van der Waals surface area contributed by atoms with Gasteiger partial charge < -0.3 is 21.7 Å². The fraction of sp³-hybridized carbons (Fsp3) is 0.583. The Morgan fingerprint density at radius 3 is 2.48 bits per heavy atom. The lowest BCUT2D eigenvalue weighted by Gasteiger charge is -2.11. The summed E-state index contributed by atoms with van der Waals surface area (Å²) in [5.74, 6) is -0.801. The normalized spacial score (nSPS) is 11.8. The van der Waals surface area contributed by atoms with Crippen molar-refractivity contribution < 1.29 is 13.2 Å². The Bertz CT molecular complexity index is 608. The third-order valence-corrected chi connectivity index (χ3v) is 6.00. The van der Waals surface area contributed by atoms with Crippen molar-refractivity contribution in [1.82, 2.24) is 4.90 Å². The van der Waals surface area contributed by atoms with E-state index in [2.05, 4.69) is 5.32 Å². The predicted octanol–water partition coefficient (Wildman–Crippen LogP) is 0.586. The molecule has 1 heterocycles. The molecule has 0 saturated carbocycles. The average Bonchev–Trinajstić information content (AvgIpc) is 2.72. The van der Waals surface area contributed by atoms with Crippen LogP contribution < -0.4 is 16.8 Å². The van der Waals surface area contributed by atoms with Gasteiger partial charge in [-0.25, -0.2) is 8.42 Å². The van der Waals surface area contributed by atoms with E-state index in [9.17, 15) is 13.2 Å². The number of carbonyl (C=O) groups is 1. The molecule has 0 aliphatic rings. The lowest BCUT2D eigenvalue weighted by molar-refractivity contribution is 0.100. The van der Waals surface area contributed by atoms with E-state index in [0.717, 1.165) is 24.3 Å². The second kappa shape index (κ2) is 7.10. The molecule has 0 aliphatic heterocycles. The maximum atomic E-state index is 12.1. The number of hydrogen-bond acceptors (Lipinski definition) is 7. The van der Waals surface area contributed by atoms with Crippen molar-refractivity contribution >= 4 is 37.8 Å². The molecule has 0 bridgehead atoms. The van der Waals surface area contributed by atoms with Gasteiger partial charge in [0, 0.05) is 6.54 Å². The summed E-state index contributed by atoms with van der Waals surface area (Å²) >= 11 is 0.992. The zero-order valence-corrected chi connectivity index (χ0v) is 14.1. The molecular formula is C12H22N4O3S2. The number of hydrogen-bond donors (Lipinski definition) is 3. The van der Waals surface area contributed by atoms with Gasteiger partial charge in [0.1, 0.15) is 14.8 Å². The summed E-state index contributed by atoms with van der Waals surface area (Å²) in [5, 5.41) is 3.44. The van der Waals surface area contributed by atoms with Gasteiger partial charge in [-0.1, -0.05) is 6.92 Å². The molecule has 0 radical (unpaired) electrons. The first-order chi connectivity index (χ1) is 9.70. The third-order valence-electron chi connectivity index (χ3n) is 2.88. The monoisotopic (exact) mass is 334 g/mol. The van der Waals surface area contributed by atoms with Gasteiger partial charge in [-0.15, -0.1) is 11.3 Å². The zero-order valence-electron chi connectivity index (χ0n) is 12.5. The Hall–Kier alpha value is -1.32. The van der Waals surface area contributed by atoms with Crippen molar-refractivity contribution in [2.45, 2.75) is 18.2 Å². The van der Waals surface area contributed by atoms with E-state index in [1.165, 1.54) is 6.92 Å². The lowest BCUT2D eigenvalue weighted by Crippen LogP contribution is -2.17. The summed E-state index contributed by atoms with van der Waals surface area (Å²) in [7, 11) is 0.398. The maximum Gasteiger partial charge on any atom is 0.261 e. The number of nitrogens with zero attached hydrogens (tertiary/aromatic N) is 1. The fourth-order valence-corrected chi connectivity index (χ4v) is 4.32. The van der Waals surface area contributed by atoms with Gasteiger partial charge >= 0.3 is 0 Å². The summed E-state index contributed by atoms with van der Waals surface area (Å²) in [6.45, 7) is 2.99. The molecule has 7 nitrogen and oxygen atoms in total. The highest BCUT2D eigenvalue weighted by atomic mass is 32.2. The largest absolute Gasteiger partial charge is 0.396 e. The minimum atomic E-state index is -3.52. The zero-order chi connectivity index (χ0) is 16.2. The van der Waals surface area contributed by atoms with Gasteiger partial charge in [-0.3, -0.25) is 4.79 Å². The number of primary amides is 1. The van der Waals surface area contributed by atoms with E-state index in [1.54, 1.807) is 0 Å². The van der Waals surface area contributed by atoms with Crippen LogP contribution in [0.2, 0.25) is 0 Å². The SMILES string of the molecule is CCS(=O)(=O)c1c(NCCCN(C)C)sc(C(N)=O)c1N. The number of nitrogen functional groups attached to an aromatic ring is 1. The Kier molecular flexibility index (Phi) is 5.99. The molecule has 1 amide bonds. The molecule has 0 aromatic carbocycles. The highest BCUT2D eigenvalue weighted by Crippen LogP contribution is 2.39. The van der Waals surface area contributed by atoms with Crippen LogP contribution in [0.15, 0.2) is 4.90 Å². The van der Waals surface area contributed by atoms with Crippen LogP contribution in [0.5, 0.6) is 0 Å². The Morgan fingerprint density at radius 2 is 2.00 bits per heavy atom. The number of nitrogens with one attached hydrogen (secondary N) is 1. The number of carbonyl (C=O) groups excluding carboxylic acids is 1. The molecule has 1 aromatic rings. The topological polar surface area (TPSA) is 119 Å². The number of amides is 1. The quantitative estimate of drug-likeness (QED) is 0.599. The molecule has 21 heavy (non-hydrogen) atoms. The smallest absolute Gasteiger partial charge is 0.261 e. The van der Waals surface area contributed by atoms with Crippen LogP contribution in [-0.4, -0.2) is 52.2 Å². The van der Waals surface area contributed by atoms with Crippen LogP contribution in [0.3, 0.4) is 0 Å². The summed E-state index contributed by atoms with van der Waals surface area (Å²) < 4.78 is 24.3. The fourth-order valence-electron chi connectivity index (χ4n) is 1.78. The number of sulfone groups is 1. The highest BCUT2D eigenvalue weighted by Gasteiger charge is 2.27. The predicted molar refractivity (Wildman–Crippen MR) is 86.6 cm³/mol. The molecular weight excluding hydrogens is 312 g/mol. The molecule has 0 spiro atoms. The van der Waals surface area contributed by atoms with Crippen LogP contribution in [0.25, 0.3) is 0 Å². The minimum Gasteiger partial charge on any atom is -0.396 e. The summed E-state index contributed by atoms with van der Waals surface area (Å²) in [5.41, 5.74) is 11.0. The van der Waals surface area contributed by atoms with Gasteiger partial charge in [-0.05, 0) is 27.1 Å². The van der Waals surface area contributed by atoms with Crippen molar-refractivity contribution in [3.05, 3.63) is 4.88 Å². The number of thiophene rings is 1. The molecule has 9 heteroatoms. The van der Waals surface area contributed by atoms with Crippen LogP contribution in [0.1, 0.15) is 23.0 Å². The second-order valence-electron chi connectivity index (χ2n) is 4.85. The summed E-state index contributed by atoms with van der Waals surface area (Å²) in [6, 6.07) is 0. The molecule has 0 saturated heterocycles. The van der Waals surface area contributed by atoms with Crippen LogP contribution >= 0.6 is 11.3 Å². The van der Waals surface area contributed by atoms with Crippen molar-refractivity contribution in [3.8, 4) is 0 Å². The molecule has 0 unspecified atom stereocenters. The molecule has 5 N–H and O–H groups in total. The maximum absolute atomic E-state index is 12.1.